The van der Waals surface area contributed by atoms with Gasteiger partial charge < -0.3 is 35.7 Å². The molecule has 4 rings (SSSR count). The molecule has 0 spiro atoms. The monoisotopic (exact) mass is 685 g/mol. The van der Waals surface area contributed by atoms with Crippen molar-refractivity contribution < 1.29 is 37.9 Å². The van der Waals surface area contributed by atoms with Crippen LogP contribution in [0.15, 0.2) is 22.8 Å². The normalized spacial score (nSPS) is 23.3. The predicted molar refractivity (Wildman–Crippen MR) is 180 cm³/mol. The van der Waals surface area contributed by atoms with Crippen LogP contribution in [0.5, 0.6) is 0 Å². The summed E-state index contributed by atoms with van der Waals surface area (Å²) < 4.78 is 10.6. The topological polar surface area (TPSA) is 190 Å². The van der Waals surface area contributed by atoms with Crippen LogP contribution in [0.25, 0.3) is 0 Å². The number of urea groups is 1. The number of nitrogens with one attached hydrogen (secondary N) is 3. The van der Waals surface area contributed by atoms with Gasteiger partial charge in [0.25, 0.3) is 5.91 Å². The van der Waals surface area contributed by atoms with E-state index in [0.29, 0.717) is 24.6 Å². The number of amides is 5. The van der Waals surface area contributed by atoms with Gasteiger partial charge in [-0.05, 0) is 52.6 Å². The van der Waals surface area contributed by atoms with Crippen LogP contribution in [0, 0.1) is 34.0 Å². The maximum atomic E-state index is 14.3. The first-order valence-electron chi connectivity index (χ1n) is 17.4. The molecule has 5 amide bonds. The molecule has 1 aromatic rings. The lowest BCUT2D eigenvalue weighted by molar-refractivity contribution is -0.150. The average molecular weight is 686 g/mol. The Morgan fingerprint density at radius 1 is 1.00 bits per heavy atom. The molecule has 1 saturated heterocycles. The summed E-state index contributed by atoms with van der Waals surface area (Å²) in [6.45, 7) is 15.0. The largest absolute Gasteiger partial charge is 0.466 e. The zero-order chi connectivity index (χ0) is 36.5. The first-order valence-corrected chi connectivity index (χ1v) is 17.4. The molecule has 2 heterocycles. The highest BCUT2D eigenvalue weighted by Gasteiger charge is 2.70. The number of hydrogen-bond donors (Lipinski definition) is 4. The number of ketones is 1. The highest BCUT2D eigenvalue weighted by Crippen LogP contribution is 2.65. The second-order valence-electron chi connectivity index (χ2n) is 16.8. The molecule has 13 heteroatoms. The fraction of sp³-hybridized carbons (Fsp3) is 0.722. The van der Waals surface area contributed by atoms with Gasteiger partial charge in [0.2, 0.25) is 17.6 Å². The van der Waals surface area contributed by atoms with Gasteiger partial charge in [-0.3, -0.25) is 19.2 Å². The molecule has 0 bridgehead atoms. The highest BCUT2D eigenvalue weighted by molar-refractivity contribution is 6.37. The minimum atomic E-state index is -1.11. The van der Waals surface area contributed by atoms with Gasteiger partial charge in [-0.25, -0.2) is 9.59 Å². The summed E-state index contributed by atoms with van der Waals surface area (Å²) in [6.07, 6.45) is 6.80. The van der Waals surface area contributed by atoms with Crippen molar-refractivity contribution in [3.63, 3.8) is 0 Å². The maximum Gasteiger partial charge on any atom is 0.329 e. The standard InChI is InChI=1S/C36H55N5O8/c1-34(2,3)27(39-33(47)40-28(35(4,5)6)32(46)49-19-21-15-11-17-48-21)31(45)41-18-22-24(36(22,7)8)25(41)30(44)38-23(26(42)29(37)43)16-10-14-20-12-9-13-20/h11,15,17,20,22-25,27-28H,9-10,12-14,16,18-19H2,1-8H3,(H2,37,43)(H,38,44)(H2,39,40,47)/t22-,23?,24-,25-,27+,28+/m0/s1. The summed E-state index contributed by atoms with van der Waals surface area (Å²) in [4.78, 5) is 81.1. The van der Waals surface area contributed by atoms with Gasteiger partial charge in [-0.2, -0.15) is 0 Å². The lowest BCUT2D eigenvalue weighted by atomic mass is 9.81. The number of esters is 1. The summed E-state index contributed by atoms with van der Waals surface area (Å²) in [5, 5.41) is 8.26. The number of piperidine rings is 1. The molecule has 49 heavy (non-hydrogen) atoms. The summed E-state index contributed by atoms with van der Waals surface area (Å²) in [5.74, 6) is -2.68. The first kappa shape index (κ1) is 37.9. The third-order valence-electron chi connectivity index (χ3n) is 10.7. The van der Waals surface area contributed by atoms with Crippen molar-refractivity contribution in [2.75, 3.05) is 6.54 Å². The molecule has 5 N–H and O–H groups in total. The minimum Gasteiger partial charge on any atom is -0.466 e. The second-order valence-corrected chi connectivity index (χ2v) is 16.8. The zero-order valence-corrected chi connectivity index (χ0v) is 30.2. The van der Waals surface area contributed by atoms with Crippen molar-refractivity contribution in [3.8, 4) is 0 Å². The van der Waals surface area contributed by atoms with E-state index in [1.54, 1.807) is 53.7 Å². The lowest BCUT2D eigenvalue weighted by Crippen LogP contribution is -2.62. The summed E-state index contributed by atoms with van der Waals surface area (Å²) in [7, 11) is 0. The van der Waals surface area contributed by atoms with Crippen molar-refractivity contribution in [2.24, 2.45) is 39.7 Å². The number of carbonyl (C=O) groups excluding carboxylic acids is 6. The van der Waals surface area contributed by atoms with Gasteiger partial charge in [-0.15, -0.1) is 0 Å². The molecule has 1 aromatic heterocycles. The Kier molecular flexibility index (Phi) is 11.2. The summed E-state index contributed by atoms with van der Waals surface area (Å²) in [5.41, 5.74) is 3.61. The number of likely N-dealkylation sites (tertiary alicyclic amines) is 1. The first-order chi connectivity index (χ1) is 22.7. The molecule has 2 aliphatic carbocycles. The third-order valence-corrected chi connectivity index (χ3v) is 10.7. The van der Waals surface area contributed by atoms with Crippen LogP contribution in [0.1, 0.15) is 99.7 Å². The van der Waals surface area contributed by atoms with E-state index in [0.717, 1.165) is 19.3 Å². The molecule has 272 valence electrons. The van der Waals surface area contributed by atoms with Gasteiger partial charge in [0.1, 0.15) is 30.5 Å². The summed E-state index contributed by atoms with van der Waals surface area (Å²) >= 11 is 0. The SMILES string of the molecule is CC(C)(C)[C@H](NC(=O)N[C@H](C(=O)N1C[C@H]2[C@@H]([C@H]1C(=O)NC(CCCC1CCC1)C(=O)C(N)=O)C2(C)C)C(C)(C)C)C(=O)OCc1ccco1. The number of rotatable bonds is 14. The van der Waals surface area contributed by atoms with E-state index in [9.17, 15) is 28.8 Å². The molecular formula is C36H55N5O8. The van der Waals surface area contributed by atoms with Crippen molar-refractivity contribution in [3.05, 3.63) is 24.2 Å². The Bertz CT molecular complexity index is 1400. The van der Waals surface area contributed by atoms with E-state index in [2.05, 4.69) is 16.0 Å². The Balaban J connectivity index is 1.49. The Morgan fingerprint density at radius 2 is 1.63 bits per heavy atom. The second kappa shape index (κ2) is 14.5. The number of ether oxygens (including phenoxy) is 1. The van der Waals surface area contributed by atoms with Crippen LogP contribution in [0.3, 0.4) is 0 Å². The van der Waals surface area contributed by atoms with Crippen molar-refractivity contribution >= 4 is 35.5 Å². The molecule has 2 saturated carbocycles. The fourth-order valence-electron chi connectivity index (χ4n) is 7.27. The number of nitrogens with two attached hydrogens (primary N) is 1. The third kappa shape index (κ3) is 8.83. The van der Waals surface area contributed by atoms with Crippen LogP contribution in [0.2, 0.25) is 0 Å². The molecule has 0 aromatic carbocycles. The number of primary amides is 1. The Labute approximate surface area is 289 Å². The van der Waals surface area contributed by atoms with Gasteiger partial charge in [0.05, 0.1) is 12.3 Å². The number of fused-ring (bicyclic) bond motifs is 1. The van der Waals surface area contributed by atoms with E-state index in [-0.39, 0.29) is 30.3 Å². The van der Waals surface area contributed by atoms with E-state index in [1.807, 2.05) is 13.8 Å². The molecule has 1 aliphatic heterocycles. The van der Waals surface area contributed by atoms with E-state index in [4.69, 9.17) is 14.9 Å². The molecule has 1 unspecified atom stereocenters. The predicted octanol–water partition coefficient (Wildman–Crippen LogP) is 3.44. The van der Waals surface area contributed by atoms with E-state index >= 15 is 0 Å². The maximum absolute atomic E-state index is 14.3. The number of hydrogen-bond acceptors (Lipinski definition) is 8. The molecular weight excluding hydrogens is 630 g/mol. The average Bonchev–Trinajstić information content (AvgIpc) is 3.41. The molecule has 3 aliphatic rings. The van der Waals surface area contributed by atoms with Crippen LogP contribution < -0.4 is 21.7 Å². The van der Waals surface area contributed by atoms with Crippen molar-refractivity contribution in [1.29, 1.82) is 0 Å². The molecule has 6 atom stereocenters. The molecule has 0 radical (unpaired) electrons. The smallest absolute Gasteiger partial charge is 0.329 e. The van der Waals surface area contributed by atoms with Crippen LogP contribution in [-0.4, -0.2) is 71.1 Å². The quantitative estimate of drug-likeness (QED) is 0.169. The Morgan fingerprint density at radius 3 is 2.16 bits per heavy atom. The van der Waals surface area contributed by atoms with Crippen LogP contribution >= 0.6 is 0 Å². The highest BCUT2D eigenvalue weighted by atomic mass is 16.5. The van der Waals surface area contributed by atoms with Gasteiger partial charge in [-0.1, -0.05) is 87.5 Å². The van der Waals surface area contributed by atoms with Crippen molar-refractivity contribution in [2.45, 2.75) is 125 Å². The van der Waals surface area contributed by atoms with Crippen LogP contribution in [-0.2, 0) is 35.3 Å². The fourth-order valence-corrected chi connectivity index (χ4v) is 7.27. The number of carbonyl (C=O) groups is 6. The molecule has 13 nitrogen and oxygen atoms in total. The lowest BCUT2D eigenvalue weighted by Gasteiger charge is -2.38. The van der Waals surface area contributed by atoms with Crippen molar-refractivity contribution in [1.82, 2.24) is 20.9 Å². The van der Waals surface area contributed by atoms with E-state index in [1.165, 1.54) is 17.6 Å². The Hall–Kier alpha value is -3.90. The number of furan rings is 1. The van der Waals surface area contributed by atoms with Gasteiger partial charge in [0.15, 0.2) is 0 Å². The van der Waals surface area contributed by atoms with Gasteiger partial charge in [0, 0.05) is 6.54 Å². The molecule has 3 fully saturated rings. The van der Waals surface area contributed by atoms with Gasteiger partial charge >= 0.3 is 12.0 Å². The zero-order valence-electron chi connectivity index (χ0n) is 30.2. The van der Waals surface area contributed by atoms with Crippen LogP contribution in [0.4, 0.5) is 4.79 Å². The van der Waals surface area contributed by atoms with E-state index < -0.39 is 70.5 Å². The number of Topliss-reactive ketones (excluding diaryl/α,β-unsaturated/α-hetero) is 1. The minimum absolute atomic E-state index is 0.0414. The number of nitrogens with zero attached hydrogens (tertiary/aromatic N) is 1. The summed E-state index contributed by atoms with van der Waals surface area (Å²) in [6, 6.07) is -1.51.